The van der Waals surface area contributed by atoms with Crippen LogP contribution < -0.4 is 0 Å². The number of rotatable bonds is 3. The molecule has 0 aromatic heterocycles. The summed E-state index contributed by atoms with van der Waals surface area (Å²) >= 11 is 5.71. The first kappa shape index (κ1) is 25.9. The highest BCUT2D eigenvalue weighted by Gasteiger charge is 2.62. The molecule has 0 saturated heterocycles. The number of benzene rings is 2. The number of halogens is 7. The van der Waals surface area contributed by atoms with Crippen molar-refractivity contribution in [1.82, 2.24) is 0 Å². The van der Waals surface area contributed by atoms with Gasteiger partial charge < -0.3 is 9.57 Å². The predicted molar refractivity (Wildman–Crippen MR) is 113 cm³/mol. The molecule has 0 fully saturated rings. The lowest BCUT2D eigenvalue weighted by Crippen LogP contribution is -2.43. The van der Waals surface area contributed by atoms with Crippen LogP contribution in [0.5, 0.6) is 0 Å². The SMILES string of the molecule is Cc1cc(C2=NOC(c3cc(Cl)cc(C(F)(F)F)c3)(C(F)(F)F)C2)ccc1C(=O)OC(C)(C)C. The molecule has 34 heavy (non-hydrogen) atoms. The Kier molecular flexibility index (Phi) is 6.45. The Morgan fingerprint density at radius 2 is 1.71 bits per heavy atom. The van der Waals surface area contributed by atoms with E-state index >= 15 is 0 Å². The predicted octanol–water partition coefficient (Wildman–Crippen LogP) is 7.20. The third-order valence-corrected chi connectivity index (χ3v) is 5.27. The van der Waals surface area contributed by atoms with Crippen molar-refractivity contribution in [1.29, 1.82) is 0 Å². The number of hydrogen-bond donors (Lipinski definition) is 0. The normalized spacial score (nSPS) is 19.0. The van der Waals surface area contributed by atoms with E-state index in [9.17, 15) is 31.1 Å². The molecule has 4 nitrogen and oxygen atoms in total. The second-order valence-electron chi connectivity index (χ2n) is 8.89. The fourth-order valence-corrected chi connectivity index (χ4v) is 3.69. The number of hydrogen-bond acceptors (Lipinski definition) is 4. The lowest BCUT2D eigenvalue weighted by Gasteiger charge is -2.30. The Morgan fingerprint density at radius 3 is 2.24 bits per heavy atom. The summed E-state index contributed by atoms with van der Waals surface area (Å²) in [5.74, 6) is -0.607. The molecule has 1 aliphatic rings. The lowest BCUT2D eigenvalue weighted by atomic mass is 9.85. The van der Waals surface area contributed by atoms with Crippen LogP contribution in [-0.4, -0.2) is 23.5 Å². The van der Waals surface area contributed by atoms with Gasteiger partial charge in [0, 0.05) is 17.0 Å². The van der Waals surface area contributed by atoms with Crippen LogP contribution in [-0.2, 0) is 21.4 Å². The van der Waals surface area contributed by atoms with Gasteiger partial charge >= 0.3 is 18.3 Å². The second kappa shape index (κ2) is 8.48. The average molecular weight is 508 g/mol. The first-order valence-electron chi connectivity index (χ1n) is 9.97. The quantitative estimate of drug-likeness (QED) is 0.326. The maximum absolute atomic E-state index is 14.2. The number of aryl methyl sites for hydroxylation is 1. The minimum Gasteiger partial charge on any atom is -0.456 e. The van der Waals surface area contributed by atoms with Gasteiger partial charge in [-0.1, -0.05) is 22.8 Å². The van der Waals surface area contributed by atoms with E-state index in [-0.39, 0.29) is 16.8 Å². The molecule has 0 saturated carbocycles. The summed E-state index contributed by atoms with van der Waals surface area (Å²) in [5.41, 5.74) is -5.37. The Morgan fingerprint density at radius 1 is 1.06 bits per heavy atom. The Labute approximate surface area is 196 Å². The highest BCUT2D eigenvalue weighted by molar-refractivity contribution is 6.30. The molecule has 1 aliphatic heterocycles. The number of oxime groups is 1. The molecular weight excluding hydrogens is 488 g/mol. The molecule has 0 aliphatic carbocycles. The smallest absolute Gasteiger partial charge is 0.435 e. The van der Waals surface area contributed by atoms with Gasteiger partial charge in [0.1, 0.15) is 5.60 Å². The molecule has 0 amide bonds. The molecule has 1 atom stereocenters. The molecule has 0 radical (unpaired) electrons. The number of ether oxygens (including phenoxy) is 1. The molecule has 184 valence electrons. The standard InChI is InChI=1S/C23H20ClF6NO3/c1-12-7-13(5-6-17(12)19(32)33-20(2,3)4)18-11-21(34-31-18,23(28,29)30)14-8-15(22(25,26)27)10-16(24)9-14/h5-10H,11H2,1-4H3. The first-order valence-corrected chi connectivity index (χ1v) is 10.4. The zero-order valence-corrected chi connectivity index (χ0v) is 19.2. The van der Waals surface area contributed by atoms with E-state index < -0.39 is 52.1 Å². The Bertz CT molecular complexity index is 1150. The van der Waals surface area contributed by atoms with E-state index in [4.69, 9.17) is 21.2 Å². The highest BCUT2D eigenvalue weighted by Crippen LogP contribution is 2.50. The van der Waals surface area contributed by atoms with Gasteiger partial charge in [-0.05, 0) is 69.2 Å². The number of alkyl halides is 6. The summed E-state index contributed by atoms with van der Waals surface area (Å²) in [6, 6.07) is 5.86. The van der Waals surface area contributed by atoms with Crippen LogP contribution in [0.4, 0.5) is 26.3 Å². The monoisotopic (exact) mass is 507 g/mol. The van der Waals surface area contributed by atoms with E-state index in [1.165, 1.54) is 18.2 Å². The van der Waals surface area contributed by atoms with Crippen LogP contribution in [0.3, 0.4) is 0 Å². The molecule has 1 unspecified atom stereocenters. The van der Waals surface area contributed by atoms with Crippen LogP contribution in [0, 0.1) is 6.92 Å². The molecule has 11 heteroatoms. The van der Waals surface area contributed by atoms with Crippen molar-refractivity contribution < 1.29 is 40.7 Å². The number of carbonyl (C=O) groups is 1. The van der Waals surface area contributed by atoms with Gasteiger partial charge in [0.15, 0.2) is 0 Å². The molecule has 3 rings (SSSR count). The van der Waals surface area contributed by atoms with E-state index in [1.807, 2.05) is 0 Å². The van der Waals surface area contributed by atoms with Gasteiger partial charge in [0.25, 0.3) is 5.60 Å². The molecule has 2 aromatic carbocycles. The zero-order valence-electron chi connectivity index (χ0n) is 18.5. The Hall–Kier alpha value is -2.75. The third kappa shape index (κ3) is 5.16. The summed E-state index contributed by atoms with van der Waals surface area (Å²) in [5, 5.41) is 3.03. The summed E-state index contributed by atoms with van der Waals surface area (Å²) in [6.07, 6.45) is -10.9. The van der Waals surface area contributed by atoms with Gasteiger partial charge in [-0.2, -0.15) is 26.3 Å². The highest BCUT2D eigenvalue weighted by atomic mass is 35.5. The fourth-order valence-electron chi connectivity index (χ4n) is 3.45. The summed E-state index contributed by atoms with van der Waals surface area (Å²) in [4.78, 5) is 17.2. The van der Waals surface area contributed by atoms with Gasteiger partial charge in [-0.3, -0.25) is 0 Å². The molecule has 0 bridgehead atoms. The van der Waals surface area contributed by atoms with E-state index in [0.717, 1.165) is 6.07 Å². The van der Waals surface area contributed by atoms with Crippen molar-refractivity contribution >= 4 is 23.3 Å². The lowest BCUT2D eigenvalue weighted by molar-refractivity contribution is -0.276. The number of carbonyl (C=O) groups excluding carboxylic acids is 1. The molecular formula is C23H20ClF6NO3. The number of esters is 1. The maximum Gasteiger partial charge on any atom is 0.435 e. The van der Waals surface area contributed by atoms with Crippen molar-refractivity contribution in [3.8, 4) is 0 Å². The fraction of sp³-hybridized carbons (Fsp3) is 0.391. The largest absolute Gasteiger partial charge is 0.456 e. The zero-order chi connectivity index (χ0) is 25.7. The molecule has 1 heterocycles. The molecule has 2 aromatic rings. The van der Waals surface area contributed by atoms with Crippen molar-refractivity contribution in [2.24, 2.45) is 5.16 Å². The van der Waals surface area contributed by atoms with Gasteiger partial charge in [-0.25, -0.2) is 4.79 Å². The molecule has 0 spiro atoms. The van der Waals surface area contributed by atoms with Crippen LogP contribution in [0.15, 0.2) is 41.6 Å². The van der Waals surface area contributed by atoms with Crippen molar-refractivity contribution in [3.05, 3.63) is 69.2 Å². The summed E-state index contributed by atoms with van der Waals surface area (Å²) in [7, 11) is 0. The van der Waals surface area contributed by atoms with E-state index in [1.54, 1.807) is 27.7 Å². The third-order valence-electron chi connectivity index (χ3n) is 5.06. The minimum atomic E-state index is -5.11. The topological polar surface area (TPSA) is 47.9 Å². The van der Waals surface area contributed by atoms with Crippen LogP contribution in [0.25, 0.3) is 0 Å². The van der Waals surface area contributed by atoms with Gasteiger partial charge in [-0.15, -0.1) is 0 Å². The minimum absolute atomic E-state index is 0.148. The van der Waals surface area contributed by atoms with E-state index in [0.29, 0.717) is 17.7 Å². The van der Waals surface area contributed by atoms with E-state index in [2.05, 4.69) is 5.16 Å². The van der Waals surface area contributed by atoms with Crippen molar-refractivity contribution in [3.63, 3.8) is 0 Å². The number of nitrogens with zero attached hydrogens (tertiary/aromatic N) is 1. The molecule has 0 N–H and O–H groups in total. The summed E-state index contributed by atoms with van der Waals surface area (Å²) in [6.45, 7) is 6.64. The Balaban J connectivity index is 1.98. The maximum atomic E-state index is 14.2. The van der Waals surface area contributed by atoms with Gasteiger partial charge in [0.05, 0.1) is 16.8 Å². The van der Waals surface area contributed by atoms with Crippen molar-refractivity contribution in [2.75, 3.05) is 0 Å². The van der Waals surface area contributed by atoms with Crippen LogP contribution in [0.1, 0.15) is 59.8 Å². The van der Waals surface area contributed by atoms with Crippen LogP contribution >= 0.6 is 11.6 Å². The second-order valence-corrected chi connectivity index (χ2v) is 9.33. The average Bonchev–Trinajstić information content (AvgIpc) is 3.12. The van der Waals surface area contributed by atoms with Crippen molar-refractivity contribution in [2.45, 2.75) is 57.7 Å². The van der Waals surface area contributed by atoms with Crippen LogP contribution in [0.2, 0.25) is 5.02 Å². The summed E-state index contributed by atoms with van der Waals surface area (Å²) < 4.78 is 87.4. The van der Waals surface area contributed by atoms with Gasteiger partial charge in [0.2, 0.25) is 0 Å². The first-order chi connectivity index (χ1) is 15.4.